The van der Waals surface area contributed by atoms with Crippen molar-refractivity contribution in [3.05, 3.63) is 87.7 Å². The number of carbonyl (C=O) groups is 1. The molecular formula is C22H21N3O3. The average Bonchev–Trinajstić information content (AvgIpc) is 3.17. The van der Waals surface area contributed by atoms with E-state index in [-0.39, 0.29) is 23.1 Å². The zero-order valence-electron chi connectivity index (χ0n) is 15.5. The van der Waals surface area contributed by atoms with Crippen molar-refractivity contribution in [3.63, 3.8) is 0 Å². The first-order valence-electron chi connectivity index (χ1n) is 9.66. The number of hydrogen-bond donors (Lipinski definition) is 0. The third-order valence-corrected chi connectivity index (χ3v) is 5.76. The van der Waals surface area contributed by atoms with Gasteiger partial charge in [-0.15, -0.1) is 0 Å². The molecular weight excluding hydrogens is 354 g/mol. The van der Waals surface area contributed by atoms with E-state index in [1.54, 1.807) is 12.1 Å². The number of fused-ring (bicyclic) bond motifs is 4. The second-order valence-corrected chi connectivity index (χ2v) is 7.75. The van der Waals surface area contributed by atoms with Crippen LogP contribution in [0.5, 0.6) is 0 Å². The number of aromatic nitrogens is 2. The highest BCUT2D eigenvalue weighted by atomic mass is 16.5. The van der Waals surface area contributed by atoms with Crippen LogP contribution in [0, 0.1) is 5.92 Å². The first kappa shape index (κ1) is 17.0. The van der Waals surface area contributed by atoms with Crippen molar-refractivity contribution >= 4 is 5.91 Å². The van der Waals surface area contributed by atoms with Gasteiger partial charge in [-0.25, -0.2) is 0 Å². The van der Waals surface area contributed by atoms with E-state index >= 15 is 0 Å². The van der Waals surface area contributed by atoms with E-state index in [0.29, 0.717) is 32.0 Å². The van der Waals surface area contributed by atoms with Crippen LogP contribution in [0.4, 0.5) is 0 Å². The highest BCUT2D eigenvalue weighted by Crippen LogP contribution is 2.35. The van der Waals surface area contributed by atoms with E-state index in [1.807, 2.05) is 51.9 Å². The summed E-state index contributed by atoms with van der Waals surface area (Å²) in [5.41, 5.74) is 2.96. The Labute approximate surface area is 162 Å². The number of hydrogen-bond acceptors (Lipinski definition) is 4. The third kappa shape index (κ3) is 3.05. The van der Waals surface area contributed by atoms with Crippen LogP contribution in [0.3, 0.4) is 0 Å². The lowest BCUT2D eigenvalue weighted by atomic mass is 9.83. The Morgan fingerprint density at radius 3 is 2.79 bits per heavy atom. The molecule has 2 aliphatic rings. The van der Waals surface area contributed by atoms with Gasteiger partial charge >= 0.3 is 0 Å². The van der Waals surface area contributed by atoms with Crippen molar-refractivity contribution in [1.82, 2.24) is 14.6 Å². The molecule has 1 fully saturated rings. The number of carbonyl (C=O) groups excluding carboxylic acids is 1. The molecule has 1 aromatic carbocycles. The minimum atomic E-state index is -0.117. The Morgan fingerprint density at radius 2 is 1.93 bits per heavy atom. The van der Waals surface area contributed by atoms with Gasteiger partial charge in [0.1, 0.15) is 0 Å². The Bertz CT molecular complexity index is 1070. The van der Waals surface area contributed by atoms with Crippen LogP contribution in [0.15, 0.2) is 63.9 Å². The van der Waals surface area contributed by atoms with Crippen LogP contribution in [0.1, 0.15) is 39.8 Å². The summed E-state index contributed by atoms with van der Waals surface area (Å²) < 4.78 is 7.23. The molecule has 142 valence electrons. The molecule has 0 N–H and O–H groups in total. The third-order valence-electron chi connectivity index (χ3n) is 5.76. The van der Waals surface area contributed by atoms with Gasteiger partial charge in [-0.2, -0.15) is 0 Å². The Morgan fingerprint density at radius 1 is 1.07 bits per heavy atom. The summed E-state index contributed by atoms with van der Waals surface area (Å²) >= 11 is 0. The highest BCUT2D eigenvalue weighted by Gasteiger charge is 2.37. The van der Waals surface area contributed by atoms with E-state index in [4.69, 9.17) is 4.52 Å². The molecule has 5 rings (SSSR count). The second kappa shape index (κ2) is 6.78. The number of pyridine rings is 1. The van der Waals surface area contributed by atoms with E-state index in [2.05, 4.69) is 5.16 Å². The van der Waals surface area contributed by atoms with E-state index in [9.17, 15) is 9.59 Å². The summed E-state index contributed by atoms with van der Waals surface area (Å²) in [4.78, 5) is 27.0. The number of amides is 1. The number of benzene rings is 1. The fourth-order valence-corrected chi connectivity index (χ4v) is 4.52. The summed E-state index contributed by atoms with van der Waals surface area (Å²) in [6.07, 6.45) is 1.65. The molecule has 3 aromatic rings. The van der Waals surface area contributed by atoms with E-state index in [1.165, 1.54) is 0 Å². The van der Waals surface area contributed by atoms with Crippen molar-refractivity contribution in [2.75, 3.05) is 13.1 Å². The van der Waals surface area contributed by atoms with Gasteiger partial charge in [-0.3, -0.25) is 9.59 Å². The molecule has 1 amide bonds. The van der Waals surface area contributed by atoms with E-state index < -0.39 is 0 Å². The maximum atomic E-state index is 13.0. The maximum absolute atomic E-state index is 13.0. The fraction of sp³-hybridized carbons (Fsp3) is 0.318. The molecule has 6 heteroatoms. The average molecular weight is 375 g/mol. The van der Waals surface area contributed by atoms with Crippen molar-refractivity contribution in [2.24, 2.45) is 5.92 Å². The number of rotatable bonds is 3. The van der Waals surface area contributed by atoms with Crippen molar-refractivity contribution in [2.45, 2.75) is 25.3 Å². The monoisotopic (exact) mass is 375 g/mol. The Kier molecular flexibility index (Phi) is 4.11. The summed E-state index contributed by atoms with van der Waals surface area (Å²) in [7, 11) is 0. The minimum Gasteiger partial charge on any atom is -0.351 e. The topological polar surface area (TPSA) is 68.3 Å². The molecule has 1 saturated heterocycles. The quantitative estimate of drug-likeness (QED) is 0.706. The molecule has 0 radical (unpaired) electrons. The predicted molar refractivity (Wildman–Crippen MR) is 103 cm³/mol. The van der Waals surface area contributed by atoms with Crippen molar-refractivity contribution in [3.8, 4) is 0 Å². The molecule has 4 heterocycles. The zero-order valence-corrected chi connectivity index (χ0v) is 15.5. The maximum Gasteiger partial charge on any atom is 0.292 e. The molecule has 2 aliphatic heterocycles. The lowest BCUT2D eigenvalue weighted by molar-refractivity contribution is 0.0554. The predicted octanol–water partition coefficient (Wildman–Crippen LogP) is 2.69. The van der Waals surface area contributed by atoms with Crippen molar-refractivity contribution < 1.29 is 9.32 Å². The van der Waals surface area contributed by atoms with Crippen LogP contribution in [0.2, 0.25) is 0 Å². The largest absolute Gasteiger partial charge is 0.351 e. The SMILES string of the molecule is O=C(c1cc(Cc2ccccc2)no1)N1C[C@@H]2C[C@@H](C1)c1cccc(=O)n1C2. The summed E-state index contributed by atoms with van der Waals surface area (Å²) in [5, 5.41) is 4.08. The lowest BCUT2D eigenvalue weighted by Crippen LogP contribution is -2.49. The number of nitrogens with zero attached hydrogens (tertiary/aromatic N) is 3. The molecule has 2 atom stereocenters. The highest BCUT2D eigenvalue weighted by molar-refractivity contribution is 5.91. The number of piperidine rings is 1. The number of likely N-dealkylation sites (tertiary alicyclic amines) is 1. The van der Waals surface area contributed by atoms with Gasteiger partial charge in [0.05, 0.1) is 5.69 Å². The first-order valence-corrected chi connectivity index (χ1v) is 9.66. The van der Waals surface area contributed by atoms with E-state index in [0.717, 1.165) is 23.4 Å². The Balaban J connectivity index is 1.34. The van der Waals surface area contributed by atoms with Crippen LogP contribution in [0.25, 0.3) is 0 Å². The second-order valence-electron chi connectivity index (χ2n) is 7.75. The summed E-state index contributed by atoms with van der Waals surface area (Å²) in [6, 6.07) is 17.2. The van der Waals surface area contributed by atoms with Crippen molar-refractivity contribution in [1.29, 1.82) is 0 Å². The molecule has 0 aliphatic carbocycles. The van der Waals surface area contributed by atoms with Crippen LogP contribution in [-0.2, 0) is 13.0 Å². The van der Waals surface area contributed by atoms with Gasteiger partial charge in [-0.05, 0) is 24.0 Å². The normalized spacial score (nSPS) is 20.6. The van der Waals surface area contributed by atoms with Gasteiger partial charge in [-0.1, -0.05) is 41.6 Å². The van der Waals surface area contributed by atoms with Crippen LogP contribution in [-0.4, -0.2) is 33.6 Å². The molecule has 0 unspecified atom stereocenters. The smallest absolute Gasteiger partial charge is 0.292 e. The van der Waals surface area contributed by atoms with Gasteiger partial charge in [0.25, 0.3) is 11.5 Å². The van der Waals surface area contributed by atoms with Crippen LogP contribution >= 0.6 is 0 Å². The fourth-order valence-electron chi connectivity index (χ4n) is 4.52. The molecule has 0 spiro atoms. The van der Waals surface area contributed by atoms with Gasteiger partial charge in [0, 0.05) is 49.8 Å². The molecule has 2 bridgehead atoms. The summed E-state index contributed by atoms with van der Waals surface area (Å²) in [6.45, 7) is 1.92. The standard InChI is InChI=1S/C22H21N3O3/c26-21-8-4-7-19-17-9-16(13-25(19)21)12-24(14-17)22(27)20-11-18(23-28-20)10-15-5-2-1-3-6-15/h1-8,11,16-17H,9-10,12-14H2/t16-,17-/m0/s1. The van der Waals surface area contributed by atoms with Gasteiger partial charge in [0.2, 0.25) is 5.76 Å². The minimum absolute atomic E-state index is 0.0489. The zero-order chi connectivity index (χ0) is 19.1. The first-order chi connectivity index (χ1) is 13.7. The molecule has 6 nitrogen and oxygen atoms in total. The molecule has 0 saturated carbocycles. The van der Waals surface area contributed by atoms with Gasteiger partial charge in [0.15, 0.2) is 0 Å². The molecule has 28 heavy (non-hydrogen) atoms. The lowest BCUT2D eigenvalue weighted by Gasteiger charge is -2.42. The Hall–Kier alpha value is -3.15. The van der Waals surface area contributed by atoms with Crippen LogP contribution < -0.4 is 5.56 Å². The molecule has 2 aromatic heterocycles. The summed E-state index contributed by atoms with van der Waals surface area (Å²) in [5.74, 6) is 0.656. The van der Waals surface area contributed by atoms with Gasteiger partial charge < -0.3 is 14.0 Å².